The van der Waals surface area contributed by atoms with E-state index in [-0.39, 0.29) is 11.7 Å². The molecule has 0 unspecified atom stereocenters. The highest BCUT2D eigenvalue weighted by molar-refractivity contribution is 5.78. The van der Waals surface area contributed by atoms with Gasteiger partial charge in [-0.3, -0.25) is 4.79 Å². The van der Waals surface area contributed by atoms with Gasteiger partial charge in [0.2, 0.25) is 5.91 Å². The van der Waals surface area contributed by atoms with Crippen molar-refractivity contribution in [2.45, 2.75) is 19.4 Å². The first-order chi connectivity index (χ1) is 9.22. The van der Waals surface area contributed by atoms with Crippen molar-refractivity contribution in [1.29, 1.82) is 0 Å². The molecule has 0 spiro atoms. The van der Waals surface area contributed by atoms with E-state index >= 15 is 0 Å². The lowest BCUT2D eigenvalue weighted by atomic mass is 10.2. The third-order valence-electron chi connectivity index (χ3n) is 3.35. The Morgan fingerprint density at radius 3 is 2.84 bits per heavy atom. The minimum Gasteiger partial charge on any atom is -0.504 e. The fourth-order valence-electron chi connectivity index (χ4n) is 2.26. The molecule has 0 aromatic heterocycles. The van der Waals surface area contributed by atoms with Crippen LogP contribution in [0.4, 0.5) is 0 Å². The summed E-state index contributed by atoms with van der Waals surface area (Å²) in [4.78, 5) is 13.7. The van der Waals surface area contributed by atoms with Crippen LogP contribution in [0.15, 0.2) is 18.2 Å². The number of hydrogen-bond donors (Lipinski definition) is 2. The maximum Gasteiger partial charge on any atom is 0.236 e. The first-order valence-corrected chi connectivity index (χ1v) is 6.55. The average molecular weight is 264 g/mol. The second-order valence-electron chi connectivity index (χ2n) is 4.66. The van der Waals surface area contributed by atoms with Crippen molar-refractivity contribution in [1.82, 2.24) is 10.2 Å². The molecule has 2 rings (SSSR count). The number of para-hydroxylation sites is 1. The first-order valence-electron chi connectivity index (χ1n) is 6.55. The monoisotopic (exact) mass is 264 g/mol. The van der Waals surface area contributed by atoms with Crippen molar-refractivity contribution >= 4 is 5.91 Å². The summed E-state index contributed by atoms with van der Waals surface area (Å²) in [6, 6.07) is 5.33. The van der Waals surface area contributed by atoms with Gasteiger partial charge >= 0.3 is 0 Å². The highest BCUT2D eigenvalue weighted by Crippen LogP contribution is 2.28. The standard InChI is InChI=1S/C14H20N2O3/c1-19-12-6-4-5-11(14(12)18)9-15-10-13(17)16-7-2-3-8-16/h4-6,15,18H,2-3,7-10H2,1H3. The van der Waals surface area contributed by atoms with Gasteiger partial charge < -0.3 is 20.1 Å². The van der Waals surface area contributed by atoms with Crippen LogP contribution in [0.3, 0.4) is 0 Å². The Morgan fingerprint density at radius 2 is 2.16 bits per heavy atom. The molecule has 1 heterocycles. The van der Waals surface area contributed by atoms with Crippen LogP contribution in [0.5, 0.6) is 11.5 Å². The van der Waals surface area contributed by atoms with E-state index in [2.05, 4.69) is 5.32 Å². The minimum atomic E-state index is 0.125. The van der Waals surface area contributed by atoms with Crippen LogP contribution in [0.2, 0.25) is 0 Å². The summed E-state index contributed by atoms with van der Waals surface area (Å²) in [5.74, 6) is 0.705. The third kappa shape index (κ3) is 3.38. The van der Waals surface area contributed by atoms with E-state index in [1.165, 1.54) is 7.11 Å². The number of ether oxygens (including phenoxy) is 1. The Balaban J connectivity index is 1.83. The number of nitrogens with one attached hydrogen (secondary N) is 1. The lowest BCUT2D eigenvalue weighted by Crippen LogP contribution is -2.35. The number of likely N-dealkylation sites (tertiary alicyclic amines) is 1. The SMILES string of the molecule is COc1cccc(CNCC(=O)N2CCCC2)c1O. The van der Waals surface area contributed by atoms with Crippen molar-refractivity contribution in [3.63, 3.8) is 0 Å². The van der Waals surface area contributed by atoms with E-state index in [4.69, 9.17) is 4.74 Å². The molecule has 0 bridgehead atoms. The van der Waals surface area contributed by atoms with E-state index in [0.717, 1.165) is 31.5 Å². The quantitative estimate of drug-likeness (QED) is 0.836. The lowest BCUT2D eigenvalue weighted by Gasteiger charge is -2.16. The van der Waals surface area contributed by atoms with Gasteiger partial charge in [0, 0.05) is 25.2 Å². The van der Waals surface area contributed by atoms with Crippen LogP contribution in [-0.2, 0) is 11.3 Å². The molecule has 1 aromatic rings. The summed E-state index contributed by atoms with van der Waals surface area (Å²) >= 11 is 0. The number of carbonyl (C=O) groups is 1. The van der Waals surface area contributed by atoms with Gasteiger partial charge in [-0.15, -0.1) is 0 Å². The molecule has 5 nitrogen and oxygen atoms in total. The van der Waals surface area contributed by atoms with Gasteiger partial charge in [0.1, 0.15) is 0 Å². The number of phenols is 1. The molecule has 1 amide bonds. The molecule has 1 saturated heterocycles. The summed E-state index contributed by atoms with van der Waals surface area (Å²) in [6.45, 7) is 2.48. The summed E-state index contributed by atoms with van der Waals surface area (Å²) in [7, 11) is 1.52. The molecule has 0 radical (unpaired) electrons. The van der Waals surface area contributed by atoms with Gasteiger partial charge in [0.25, 0.3) is 0 Å². The maximum atomic E-state index is 11.8. The van der Waals surface area contributed by atoms with Crippen LogP contribution in [-0.4, -0.2) is 42.7 Å². The molecule has 1 aliphatic rings. The van der Waals surface area contributed by atoms with Crippen molar-refractivity contribution in [2.24, 2.45) is 0 Å². The maximum absolute atomic E-state index is 11.8. The van der Waals surface area contributed by atoms with Gasteiger partial charge in [-0.2, -0.15) is 0 Å². The number of aromatic hydroxyl groups is 1. The number of methoxy groups -OCH3 is 1. The van der Waals surface area contributed by atoms with Crippen molar-refractivity contribution in [2.75, 3.05) is 26.7 Å². The van der Waals surface area contributed by atoms with Crippen LogP contribution in [0.25, 0.3) is 0 Å². The molecule has 19 heavy (non-hydrogen) atoms. The Kier molecular flexibility index (Phi) is 4.63. The fraction of sp³-hybridized carbons (Fsp3) is 0.500. The minimum absolute atomic E-state index is 0.125. The number of benzene rings is 1. The highest BCUT2D eigenvalue weighted by Gasteiger charge is 2.17. The van der Waals surface area contributed by atoms with Gasteiger partial charge in [0.05, 0.1) is 13.7 Å². The first kappa shape index (κ1) is 13.7. The average Bonchev–Trinajstić information content (AvgIpc) is 2.94. The summed E-state index contributed by atoms with van der Waals surface area (Å²) in [6.07, 6.45) is 2.20. The number of hydrogen-bond acceptors (Lipinski definition) is 4. The summed E-state index contributed by atoms with van der Waals surface area (Å²) in [5.41, 5.74) is 0.730. The smallest absolute Gasteiger partial charge is 0.236 e. The highest BCUT2D eigenvalue weighted by atomic mass is 16.5. The van der Waals surface area contributed by atoms with Crippen LogP contribution < -0.4 is 10.1 Å². The van der Waals surface area contributed by atoms with E-state index < -0.39 is 0 Å². The molecule has 2 N–H and O–H groups in total. The Bertz CT molecular complexity index is 442. The van der Waals surface area contributed by atoms with E-state index in [9.17, 15) is 9.90 Å². The van der Waals surface area contributed by atoms with Crippen molar-refractivity contribution in [3.8, 4) is 11.5 Å². The summed E-state index contributed by atoms with van der Waals surface area (Å²) < 4.78 is 5.04. The zero-order chi connectivity index (χ0) is 13.7. The molecule has 0 atom stereocenters. The van der Waals surface area contributed by atoms with E-state index in [1.807, 2.05) is 17.0 Å². The largest absolute Gasteiger partial charge is 0.504 e. The molecule has 1 aromatic carbocycles. The molecule has 5 heteroatoms. The van der Waals surface area contributed by atoms with Gasteiger partial charge in [-0.1, -0.05) is 12.1 Å². The number of carbonyl (C=O) groups excluding carboxylic acids is 1. The zero-order valence-corrected chi connectivity index (χ0v) is 11.2. The van der Waals surface area contributed by atoms with E-state index in [1.54, 1.807) is 6.07 Å². The molecule has 104 valence electrons. The van der Waals surface area contributed by atoms with Crippen LogP contribution >= 0.6 is 0 Å². The molecule has 1 aliphatic heterocycles. The molecular formula is C14H20N2O3. The second-order valence-corrected chi connectivity index (χ2v) is 4.66. The second kappa shape index (κ2) is 6.43. The Labute approximate surface area is 113 Å². The predicted octanol–water partition coefficient (Wildman–Crippen LogP) is 1.11. The number of nitrogens with zero attached hydrogens (tertiary/aromatic N) is 1. The Hall–Kier alpha value is -1.75. The fourth-order valence-corrected chi connectivity index (χ4v) is 2.26. The van der Waals surface area contributed by atoms with Crippen LogP contribution in [0, 0.1) is 0 Å². The predicted molar refractivity (Wildman–Crippen MR) is 72.2 cm³/mol. The van der Waals surface area contributed by atoms with E-state index in [0.29, 0.717) is 18.8 Å². The third-order valence-corrected chi connectivity index (χ3v) is 3.35. The molecule has 0 saturated carbocycles. The number of rotatable bonds is 5. The number of phenolic OH excluding ortho intramolecular Hbond substituents is 1. The van der Waals surface area contributed by atoms with Gasteiger partial charge in [0.15, 0.2) is 11.5 Å². The van der Waals surface area contributed by atoms with Crippen molar-refractivity contribution < 1.29 is 14.6 Å². The molecular weight excluding hydrogens is 244 g/mol. The molecule has 0 aliphatic carbocycles. The topological polar surface area (TPSA) is 61.8 Å². The van der Waals surface area contributed by atoms with Crippen LogP contribution in [0.1, 0.15) is 18.4 Å². The normalized spacial score (nSPS) is 14.7. The van der Waals surface area contributed by atoms with Gasteiger partial charge in [-0.25, -0.2) is 0 Å². The van der Waals surface area contributed by atoms with Gasteiger partial charge in [-0.05, 0) is 18.9 Å². The zero-order valence-electron chi connectivity index (χ0n) is 11.2. The molecule has 1 fully saturated rings. The Morgan fingerprint density at radius 1 is 1.42 bits per heavy atom. The number of amides is 1. The lowest BCUT2D eigenvalue weighted by molar-refractivity contribution is -0.129. The summed E-state index contributed by atoms with van der Waals surface area (Å²) in [5, 5.41) is 13.0. The van der Waals surface area contributed by atoms with Crippen molar-refractivity contribution in [3.05, 3.63) is 23.8 Å².